The Hall–Kier alpha value is -0.790. The predicted octanol–water partition coefficient (Wildman–Crippen LogP) is 1.99. The standard InChI is InChI=1S/C10H16F3N3O.ClH/c1-17-4-2-3-14-5-9-6-15-16(7-9)8-10(11,12)13;/h6-7,14H,2-5,8H2,1H3;1H. The molecule has 0 atom stereocenters. The molecule has 0 fully saturated rings. The van der Waals surface area contributed by atoms with Crippen LogP contribution in [-0.4, -0.2) is 36.2 Å². The number of ether oxygens (including phenoxy) is 1. The maximum absolute atomic E-state index is 12.1. The molecular formula is C10H17ClF3N3O. The molecule has 0 aliphatic rings. The minimum atomic E-state index is -4.23. The second-order valence-electron chi connectivity index (χ2n) is 3.68. The quantitative estimate of drug-likeness (QED) is 0.780. The molecule has 0 bridgehead atoms. The molecule has 4 nitrogen and oxygen atoms in total. The van der Waals surface area contributed by atoms with Gasteiger partial charge >= 0.3 is 6.18 Å². The van der Waals surface area contributed by atoms with E-state index in [2.05, 4.69) is 10.4 Å². The summed E-state index contributed by atoms with van der Waals surface area (Å²) in [6.07, 6.45) is -0.520. The Morgan fingerprint density at radius 1 is 1.44 bits per heavy atom. The van der Waals surface area contributed by atoms with E-state index >= 15 is 0 Å². The minimum absolute atomic E-state index is 0. The summed E-state index contributed by atoms with van der Waals surface area (Å²) in [5.41, 5.74) is 0.742. The fourth-order valence-electron chi connectivity index (χ4n) is 1.34. The van der Waals surface area contributed by atoms with Gasteiger partial charge in [-0.25, -0.2) is 0 Å². The summed E-state index contributed by atoms with van der Waals surface area (Å²) in [5.74, 6) is 0. The zero-order chi connectivity index (χ0) is 12.7. The monoisotopic (exact) mass is 287 g/mol. The van der Waals surface area contributed by atoms with Crippen LogP contribution >= 0.6 is 12.4 Å². The van der Waals surface area contributed by atoms with E-state index in [0.29, 0.717) is 13.2 Å². The Morgan fingerprint density at radius 3 is 2.78 bits per heavy atom. The van der Waals surface area contributed by atoms with Gasteiger partial charge in [0.2, 0.25) is 0 Å². The first-order chi connectivity index (χ1) is 8.01. The molecule has 0 spiro atoms. The normalized spacial score (nSPS) is 11.3. The maximum Gasteiger partial charge on any atom is 0.408 e. The van der Waals surface area contributed by atoms with E-state index in [1.807, 2.05) is 0 Å². The molecule has 0 saturated carbocycles. The second-order valence-corrected chi connectivity index (χ2v) is 3.68. The molecule has 0 aromatic carbocycles. The summed E-state index contributed by atoms with van der Waals surface area (Å²) in [4.78, 5) is 0. The van der Waals surface area contributed by atoms with Crippen molar-refractivity contribution in [1.29, 1.82) is 0 Å². The molecule has 1 N–H and O–H groups in total. The van der Waals surface area contributed by atoms with Crippen molar-refractivity contribution in [2.45, 2.75) is 25.7 Å². The predicted molar refractivity (Wildman–Crippen MR) is 63.7 cm³/mol. The smallest absolute Gasteiger partial charge is 0.385 e. The van der Waals surface area contributed by atoms with Crippen molar-refractivity contribution in [1.82, 2.24) is 15.1 Å². The average molecular weight is 288 g/mol. The number of aromatic nitrogens is 2. The van der Waals surface area contributed by atoms with E-state index in [1.54, 1.807) is 7.11 Å². The van der Waals surface area contributed by atoms with Gasteiger partial charge in [0, 0.05) is 32.0 Å². The molecule has 106 valence electrons. The van der Waals surface area contributed by atoms with Gasteiger partial charge in [-0.2, -0.15) is 18.3 Å². The molecule has 1 aromatic heterocycles. The summed E-state index contributed by atoms with van der Waals surface area (Å²) < 4.78 is 41.9. The second kappa shape index (κ2) is 8.34. The molecule has 1 rings (SSSR count). The molecular weight excluding hydrogens is 271 g/mol. The van der Waals surface area contributed by atoms with Crippen LogP contribution in [0.15, 0.2) is 12.4 Å². The largest absolute Gasteiger partial charge is 0.408 e. The highest BCUT2D eigenvalue weighted by Gasteiger charge is 2.28. The van der Waals surface area contributed by atoms with Crippen LogP contribution in [0.5, 0.6) is 0 Å². The van der Waals surface area contributed by atoms with Crippen molar-refractivity contribution in [2.75, 3.05) is 20.3 Å². The van der Waals surface area contributed by atoms with Gasteiger partial charge in [0.25, 0.3) is 0 Å². The van der Waals surface area contributed by atoms with Gasteiger partial charge < -0.3 is 10.1 Å². The van der Waals surface area contributed by atoms with Crippen molar-refractivity contribution in [3.05, 3.63) is 18.0 Å². The number of hydrogen-bond donors (Lipinski definition) is 1. The Balaban J connectivity index is 0.00000289. The van der Waals surface area contributed by atoms with Crippen molar-refractivity contribution in [3.63, 3.8) is 0 Å². The summed E-state index contributed by atoms with van der Waals surface area (Å²) in [7, 11) is 1.63. The average Bonchev–Trinajstić information content (AvgIpc) is 2.63. The Bertz CT molecular complexity index is 330. The molecule has 0 saturated heterocycles. The third-order valence-corrected chi connectivity index (χ3v) is 2.06. The molecule has 1 aromatic rings. The number of nitrogens with one attached hydrogen (secondary N) is 1. The number of nitrogens with zero attached hydrogens (tertiary/aromatic N) is 2. The number of methoxy groups -OCH3 is 1. The van der Waals surface area contributed by atoms with Gasteiger partial charge in [-0.15, -0.1) is 12.4 Å². The highest BCUT2D eigenvalue weighted by Crippen LogP contribution is 2.16. The van der Waals surface area contributed by atoms with Crippen LogP contribution in [0.1, 0.15) is 12.0 Å². The minimum Gasteiger partial charge on any atom is -0.385 e. The van der Waals surface area contributed by atoms with Gasteiger partial charge in [-0.3, -0.25) is 4.68 Å². The van der Waals surface area contributed by atoms with Crippen LogP contribution in [0.2, 0.25) is 0 Å². The maximum atomic E-state index is 12.1. The summed E-state index contributed by atoms with van der Waals surface area (Å²) in [5, 5.41) is 6.75. The Kier molecular flexibility index (Phi) is 7.97. The fourth-order valence-corrected chi connectivity index (χ4v) is 1.34. The number of halogens is 4. The zero-order valence-electron chi connectivity index (χ0n) is 10.0. The van der Waals surface area contributed by atoms with Crippen LogP contribution < -0.4 is 5.32 Å². The molecule has 8 heteroatoms. The van der Waals surface area contributed by atoms with Crippen LogP contribution in [-0.2, 0) is 17.8 Å². The van der Waals surface area contributed by atoms with E-state index < -0.39 is 12.7 Å². The van der Waals surface area contributed by atoms with Gasteiger partial charge in [0.05, 0.1) is 6.20 Å². The Morgan fingerprint density at radius 2 is 2.17 bits per heavy atom. The highest BCUT2D eigenvalue weighted by molar-refractivity contribution is 5.85. The van der Waals surface area contributed by atoms with E-state index in [-0.39, 0.29) is 12.4 Å². The lowest BCUT2D eigenvalue weighted by Crippen LogP contribution is -2.18. The molecule has 0 aliphatic heterocycles. The van der Waals surface area contributed by atoms with Gasteiger partial charge in [-0.05, 0) is 13.0 Å². The zero-order valence-corrected chi connectivity index (χ0v) is 10.9. The van der Waals surface area contributed by atoms with E-state index in [9.17, 15) is 13.2 Å². The Labute approximate surface area is 110 Å². The first-order valence-corrected chi connectivity index (χ1v) is 5.29. The third kappa shape index (κ3) is 7.52. The van der Waals surface area contributed by atoms with E-state index in [1.165, 1.54) is 12.4 Å². The van der Waals surface area contributed by atoms with Crippen molar-refractivity contribution in [2.24, 2.45) is 0 Å². The number of hydrogen-bond acceptors (Lipinski definition) is 3. The summed E-state index contributed by atoms with van der Waals surface area (Å²) >= 11 is 0. The number of alkyl halides is 3. The first kappa shape index (κ1) is 17.2. The molecule has 0 aliphatic carbocycles. The topological polar surface area (TPSA) is 39.1 Å². The molecule has 18 heavy (non-hydrogen) atoms. The van der Waals surface area contributed by atoms with Crippen molar-refractivity contribution >= 4 is 12.4 Å². The van der Waals surface area contributed by atoms with Crippen LogP contribution in [0.25, 0.3) is 0 Å². The molecule has 1 heterocycles. The lowest BCUT2D eigenvalue weighted by molar-refractivity contribution is -0.142. The van der Waals surface area contributed by atoms with Crippen molar-refractivity contribution in [3.8, 4) is 0 Å². The first-order valence-electron chi connectivity index (χ1n) is 5.29. The SMILES string of the molecule is COCCCNCc1cnn(CC(F)(F)F)c1.Cl. The molecule has 0 unspecified atom stereocenters. The van der Waals surface area contributed by atoms with Crippen LogP contribution in [0, 0.1) is 0 Å². The van der Waals surface area contributed by atoms with E-state index in [4.69, 9.17) is 4.74 Å². The molecule has 0 radical (unpaired) electrons. The summed E-state index contributed by atoms with van der Waals surface area (Å²) in [6.45, 7) is 0.900. The lowest BCUT2D eigenvalue weighted by Gasteiger charge is -2.05. The van der Waals surface area contributed by atoms with Gasteiger partial charge in [-0.1, -0.05) is 0 Å². The van der Waals surface area contributed by atoms with Gasteiger partial charge in [0.15, 0.2) is 0 Å². The fraction of sp³-hybridized carbons (Fsp3) is 0.700. The molecule has 0 amide bonds. The van der Waals surface area contributed by atoms with Gasteiger partial charge in [0.1, 0.15) is 6.54 Å². The van der Waals surface area contributed by atoms with Crippen molar-refractivity contribution < 1.29 is 17.9 Å². The third-order valence-electron chi connectivity index (χ3n) is 2.06. The highest BCUT2D eigenvalue weighted by atomic mass is 35.5. The number of rotatable bonds is 7. The lowest BCUT2D eigenvalue weighted by atomic mass is 10.3. The van der Waals surface area contributed by atoms with Crippen LogP contribution in [0.4, 0.5) is 13.2 Å². The van der Waals surface area contributed by atoms with Crippen LogP contribution in [0.3, 0.4) is 0 Å². The van der Waals surface area contributed by atoms with E-state index in [0.717, 1.165) is 23.2 Å². The summed E-state index contributed by atoms with van der Waals surface area (Å²) in [6, 6.07) is 0.